The predicted octanol–water partition coefficient (Wildman–Crippen LogP) is 7.74. The maximum Gasteiger partial charge on any atom is 0.128 e. The molecule has 0 bridgehead atoms. The van der Waals surface area contributed by atoms with Crippen molar-refractivity contribution >= 4 is 21.5 Å². The second-order valence-electron chi connectivity index (χ2n) is 9.56. The van der Waals surface area contributed by atoms with Crippen LogP contribution in [0.1, 0.15) is 0 Å². The summed E-state index contributed by atoms with van der Waals surface area (Å²) < 4.78 is 12.5. The van der Waals surface area contributed by atoms with Gasteiger partial charge in [-0.1, -0.05) is 109 Å². The molecule has 0 saturated heterocycles. The molecule has 0 atom stereocenters. The first-order chi connectivity index (χ1) is 19.8. The maximum atomic E-state index is 9.69. The zero-order chi connectivity index (χ0) is 27.3. The van der Waals surface area contributed by atoms with Crippen molar-refractivity contribution in [3.63, 3.8) is 0 Å². The van der Waals surface area contributed by atoms with Gasteiger partial charge in [0.25, 0.3) is 0 Å². The number of benzene rings is 6. The smallest absolute Gasteiger partial charge is 0.128 e. The van der Waals surface area contributed by atoms with Crippen molar-refractivity contribution in [1.29, 1.82) is 0 Å². The molecule has 0 amide bonds. The molecule has 0 aliphatic carbocycles. The van der Waals surface area contributed by atoms with Gasteiger partial charge in [-0.15, -0.1) is 0 Å². The highest BCUT2D eigenvalue weighted by atomic mass is 16.5. The Morgan fingerprint density at radius 3 is 1.25 bits per heavy atom. The summed E-state index contributed by atoms with van der Waals surface area (Å²) in [7, 11) is 0. The predicted molar refractivity (Wildman–Crippen MR) is 163 cm³/mol. The Kier molecular flexibility index (Phi) is 7.45. The standard InChI is InChI=1S/C36H30O4/c37-21-23-39-31-19-17-27-13-7-15-29(25-9-3-1-4-10-25)33(27)35(31)36-32(40-24-22-38)20-18-28-14-8-16-30(34(28)36)26-11-5-2-6-12-26/h1-20,37-38H,21-24H2. The Hall–Kier alpha value is -4.64. The SMILES string of the molecule is OCCOc1ccc2cccc(-c3ccccc3)c2c1-c1c(OCCO)ccc2cccc(-c3ccccc3)c12. The first-order valence-corrected chi connectivity index (χ1v) is 13.5. The lowest BCUT2D eigenvalue weighted by molar-refractivity contribution is 0.200. The second kappa shape index (κ2) is 11.6. The van der Waals surface area contributed by atoms with Gasteiger partial charge in [-0.05, 0) is 45.2 Å². The van der Waals surface area contributed by atoms with Gasteiger partial charge in [0.2, 0.25) is 0 Å². The largest absolute Gasteiger partial charge is 0.491 e. The van der Waals surface area contributed by atoms with Crippen LogP contribution in [0.4, 0.5) is 0 Å². The summed E-state index contributed by atoms with van der Waals surface area (Å²) in [6, 6.07) is 41.4. The monoisotopic (exact) mass is 526 g/mol. The van der Waals surface area contributed by atoms with E-state index in [1.807, 2.05) is 48.5 Å². The van der Waals surface area contributed by atoms with Crippen LogP contribution >= 0.6 is 0 Å². The minimum atomic E-state index is -0.101. The maximum absolute atomic E-state index is 9.69. The van der Waals surface area contributed by atoms with E-state index in [4.69, 9.17) is 9.47 Å². The molecule has 0 aliphatic heterocycles. The van der Waals surface area contributed by atoms with E-state index in [0.717, 1.165) is 54.9 Å². The fourth-order valence-electron chi connectivity index (χ4n) is 5.48. The summed E-state index contributed by atoms with van der Waals surface area (Å²) >= 11 is 0. The molecular formula is C36H30O4. The second-order valence-corrected chi connectivity index (χ2v) is 9.56. The van der Waals surface area contributed by atoms with Crippen LogP contribution in [0.5, 0.6) is 11.5 Å². The average Bonchev–Trinajstić information content (AvgIpc) is 3.02. The lowest BCUT2D eigenvalue weighted by Crippen LogP contribution is -2.06. The molecule has 198 valence electrons. The summed E-state index contributed by atoms with van der Waals surface area (Å²) in [4.78, 5) is 0. The molecule has 0 radical (unpaired) electrons. The third kappa shape index (κ3) is 4.79. The van der Waals surface area contributed by atoms with Crippen LogP contribution in [0.25, 0.3) is 54.9 Å². The molecule has 4 nitrogen and oxygen atoms in total. The fourth-order valence-corrected chi connectivity index (χ4v) is 5.48. The van der Waals surface area contributed by atoms with E-state index >= 15 is 0 Å². The van der Waals surface area contributed by atoms with Crippen molar-refractivity contribution in [2.75, 3.05) is 26.4 Å². The number of fused-ring (bicyclic) bond motifs is 2. The van der Waals surface area contributed by atoms with E-state index in [-0.39, 0.29) is 26.4 Å². The van der Waals surface area contributed by atoms with Gasteiger partial charge in [-0.3, -0.25) is 0 Å². The Labute approximate surface area is 233 Å². The molecular weight excluding hydrogens is 496 g/mol. The van der Waals surface area contributed by atoms with Gasteiger partial charge in [0.05, 0.1) is 13.2 Å². The summed E-state index contributed by atoms with van der Waals surface area (Å²) in [5.41, 5.74) is 6.12. The van der Waals surface area contributed by atoms with Gasteiger partial charge >= 0.3 is 0 Å². The Bertz CT molecular complexity index is 1630. The number of aliphatic hydroxyl groups excluding tert-OH is 2. The Balaban J connectivity index is 1.80. The van der Waals surface area contributed by atoms with E-state index in [0.29, 0.717) is 11.5 Å². The quantitative estimate of drug-likeness (QED) is 0.202. The molecule has 40 heavy (non-hydrogen) atoms. The number of hydrogen-bond acceptors (Lipinski definition) is 4. The van der Waals surface area contributed by atoms with Gasteiger partial charge in [-0.25, -0.2) is 0 Å². The number of rotatable bonds is 9. The molecule has 2 N–H and O–H groups in total. The molecule has 6 rings (SSSR count). The lowest BCUT2D eigenvalue weighted by atomic mass is 9.86. The van der Waals surface area contributed by atoms with Crippen LogP contribution in [-0.2, 0) is 0 Å². The molecule has 0 unspecified atom stereocenters. The van der Waals surface area contributed by atoms with Crippen molar-refractivity contribution in [2.45, 2.75) is 0 Å². The molecule has 0 saturated carbocycles. The highest BCUT2D eigenvalue weighted by Gasteiger charge is 2.23. The summed E-state index contributed by atoms with van der Waals surface area (Å²) in [5.74, 6) is 1.32. The van der Waals surface area contributed by atoms with Crippen LogP contribution in [0.3, 0.4) is 0 Å². The first kappa shape index (κ1) is 25.6. The molecule has 4 heteroatoms. The zero-order valence-electron chi connectivity index (χ0n) is 22.1. The Morgan fingerprint density at radius 2 is 0.850 bits per heavy atom. The van der Waals surface area contributed by atoms with Gasteiger partial charge in [0.1, 0.15) is 24.7 Å². The van der Waals surface area contributed by atoms with Crippen molar-refractivity contribution in [3.8, 4) is 44.9 Å². The van der Waals surface area contributed by atoms with Crippen LogP contribution in [-0.4, -0.2) is 36.6 Å². The van der Waals surface area contributed by atoms with Crippen molar-refractivity contribution in [1.82, 2.24) is 0 Å². The lowest BCUT2D eigenvalue weighted by Gasteiger charge is -2.22. The Morgan fingerprint density at radius 1 is 0.425 bits per heavy atom. The fraction of sp³-hybridized carbons (Fsp3) is 0.111. The normalized spacial score (nSPS) is 11.2. The minimum Gasteiger partial charge on any atom is -0.491 e. The highest BCUT2D eigenvalue weighted by Crippen LogP contribution is 2.50. The van der Waals surface area contributed by atoms with Crippen molar-refractivity contribution in [2.24, 2.45) is 0 Å². The molecule has 6 aromatic carbocycles. The first-order valence-electron chi connectivity index (χ1n) is 13.5. The summed E-state index contributed by atoms with van der Waals surface area (Å²) in [6.45, 7) is 0.122. The third-order valence-electron chi connectivity index (χ3n) is 7.13. The molecule has 6 aromatic rings. The highest BCUT2D eigenvalue weighted by molar-refractivity contribution is 6.17. The van der Waals surface area contributed by atoms with E-state index < -0.39 is 0 Å². The van der Waals surface area contributed by atoms with Gasteiger partial charge in [0.15, 0.2) is 0 Å². The van der Waals surface area contributed by atoms with Crippen LogP contribution in [0.15, 0.2) is 121 Å². The van der Waals surface area contributed by atoms with E-state index in [1.165, 1.54) is 0 Å². The van der Waals surface area contributed by atoms with Gasteiger partial charge < -0.3 is 19.7 Å². The summed E-state index contributed by atoms with van der Waals surface area (Å²) in [6.07, 6.45) is 0. The van der Waals surface area contributed by atoms with Gasteiger partial charge in [-0.2, -0.15) is 0 Å². The number of aliphatic hydroxyl groups is 2. The topological polar surface area (TPSA) is 58.9 Å². The molecule has 0 aromatic heterocycles. The molecule has 0 fully saturated rings. The van der Waals surface area contributed by atoms with Crippen molar-refractivity contribution in [3.05, 3.63) is 121 Å². The average molecular weight is 527 g/mol. The molecule has 0 spiro atoms. The zero-order valence-corrected chi connectivity index (χ0v) is 22.1. The van der Waals surface area contributed by atoms with Crippen LogP contribution in [0, 0.1) is 0 Å². The molecule has 0 heterocycles. The number of hydrogen-bond donors (Lipinski definition) is 2. The van der Waals surface area contributed by atoms with Gasteiger partial charge in [0, 0.05) is 21.9 Å². The third-order valence-corrected chi connectivity index (χ3v) is 7.13. The molecule has 0 aliphatic rings. The summed E-state index contributed by atoms with van der Waals surface area (Å²) in [5, 5.41) is 23.6. The van der Waals surface area contributed by atoms with E-state index in [2.05, 4.69) is 72.8 Å². The number of ether oxygens (including phenoxy) is 2. The van der Waals surface area contributed by atoms with E-state index in [1.54, 1.807) is 0 Å². The van der Waals surface area contributed by atoms with E-state index in [9.17, 15) is 10.2 Å². The van der Waals surface area contributed by atoms with Crippen LogP contribution in [0.2, 0.25) is 0 Å². The van der Waals surface area contributed by atoms with Crippen molar-refractivity contribution < 1.29 is 19.7 Å². The minimum absolute atomic E-state index is 0.101. The van der Waals surface area contributed by atoms with Crippen LogP contribution < -0.4 is 9.47 Å².